The van der Waals surface area contributed by atoms with Crippen molar-refractivity contribution in [3.63, 3.8) is 0 Å². The summed E-state index contributed by atoms with van der Waals surface area (Å²) < 4.78 is 33.9. The topological polar surface area (TPSA) is 105 Å². The van der Waals surface area contributed by atoms with E-state index in [9.17, 15) is 18.0 Å². The Kier molecular flexibility index (Phi) is 7.76. The molecular formula is C24H31N3O5S. The third kappa shape index (κ3) is 5.72. The quantitative estimate of drug-likeness (QED) is 0.583. The number of fused-ring (bicyclic) bond motifs is 1. The summed E-state index contributed by atoms with van der Waals surface area (Å²) in [6.07, 6.45) is 0.987. The van der Waals surface area contributed by atoms with E-state index in [-0.39, 0.29) is 23.3 Å². The van der Waals surface area contributed by atoms with Gasteiger partial charge in [-0.3, -0.25) is 9.59 Å². The van der Waals surface area contributed by atoms with Crippen molar-refractivity contribution in [1.29, 1.82) is 0 Å². The highest BCUT2D eigenvalue weighted by molar-refractivity contribution is 7.89. The summed E-state index contributed by atoms with van der Waals surface area (Å²) in [5.41, 5.74) is 2.40. The number of benzene rings is 2. The molecule has 1 heterocycles. The lowest BCUT2D eigenvalue weighted by atomic mass is 10.0. The van der Waals surface area contributed by atoms with Gasteiger partial charge in [-0.2, -0.15) is 4.72 Å². The van der Waals surface area contributed by atoms with Crippen molar-refractivity contribution in [3.8, 4) is 5.75 Å². The minimum atomic E-state index is -3.94. The highest BCUT2D eigenvalue weighted by atomic mass is 32.2. The van der Waals surface area contributed by atoms with Crippen LogP contribution in [-0.2, 0) is 32.6 Å². The van der Waals surface area contributed by atoms with E-state index in [1.54, 1.807) is 44.9 Å². The largest absolute Gasteiger partial charge is 0.497 e. The van der Waals surface area contributed by atoms with Crippen molar-refractivity contribution in [3.05, 3.63) is 53.6 Å². The van der Waals surface area contributed by atoms with Crippen LogP contribution < -0.4 is 19.7 Å². The van der Waals surface area contributed by atoms with Crippen molar-refractivity contribution >= 4 is 27.5 Å². The van der Waals surface area contributed by atoms with E-state index < -0.39 is 22.0 Å². The highest BCUT2D eigenvalue weighted by Crippen LogP contribution is 2.30. The summed E-state index contributed by atoms with van der Waals surface area (Å²) in [5, 5.41) is 2.81. The summed E-state index contributed by atoms with van der Waals surface area (Å²) >= 11 is 0. The van der Waals surface area contributed by atoms with Crippen LogP contribution in [0.4, 0.5) is 5.69 Å². The third-order valence-electron chi connectivity index (χ3n) is 5.69. The van der Waals surface area contributed by atoms with Gasteiger partial charge in [-0.25, -0.2) is 8.42 Å². The Morgan fingerprint density at radius 1 is 1.15 bits per heavy atom. The molecule has 0 aliphatic carbocycles. The van der Waals surface area contributed by atoms with Gasteiger partial charge in [-0.15, -0.1) is 0 Å². The number of anilines is 1. The first-order chi connectivity index (χ1) is 15.7. The lowest BCUT2D eigenvalue weighted by Crippen LogP contribution is -2.49. The maximum Gasteiger partial charge on any atom is 0.241 e. The number of amides is 2. The van der Waals surface area contributed by atoms with Gasteiger partial charge in [0.2, 0.25) is 21.8 Å². The van der Waals surface area contributed by atoms with E-state index in [2.05, 4.69) is 10.0 Å². The molecule has 0 unspecified atom stereocenters. The van der Waals surface area contributed by atoms with Crippen LogP contribution in [0.25, 0.3) is 0 Å². The molecule has 2 aromatic carbocycles. The first-order valence-corrected chi connectivity index (χ1v) is 12.5. The first kappa shape index (κ1) is 24.7. The number of hydrogen-bond acceptors (Lipinski definition) is 5. The Labute approximate surface area is 195 Å². The monoisotopic (exact) mass is 473 g/mol. The lowest BCUT2D eigenvalue weighted by Gasteiger charge is -2.22. The normalized spacial score (nSPS) is 14.2. The minimum Gasteiger partial charge on any atom is -0.497 e. The first-order valence-electron chi connectivity index (χ1n) is 11.0. The zero-order chi connectivity index (χ0) is 24.2. The summed E-state index contributed by atoms with van der Waals surface area (Å²) in [4.78, 5) is 26.7. The van der Waals surface area contributed by atoms with E-state index in [1.165, 1.54) is 6.07 Å². The van der Waals surface area contributed by atoms with Gasteiger partial charge in [0.1, 0.15) is 11.8 Å². The standard InChI is InChI=1S/C24H31N3O5S/c1-5-22(28)27-12-11-18-14-20(9-10-21(18)27)33(30,31)26-23(16(2)3)24(29)25-15-17-7-6-8-19(13-17)32-4/h6-10,13-14,16,23,26H,5,11-12,15H2,1-4H3,(H,25,29)/t23-/m1/s1. The number of ether oxygens (including phenoxy) is 1. The molecule has 0 saturated carbocycles. The Morgan fingerprint density at radius 3 is 2.58 bits per heavy atom. The van der Waals surface area contributed by atoms with Crippen molar-refractivity contribution in [2.75, 3.05) is 18.6 Å². The fourth-order valence-electron chi connectivity index (χ4n) is 3.80. The van der Waals surface area contributed by atoms with Crippen molar-refractivity contribution in [1.82, 2.24) is 10.0 Å². The van der Waals surface area contributed by atoms with Crippen molar-refractivity contribution < 1.29 is 22.7 Å². The smallest absolute Gasteiger partial charge is 0.241 e. The van der Waals surface area contributed by atoms with Crippen LogP contribution in [0.15, 0.2) is 47.4 Å². The summed E-state index contributed by atoms with van der Waals surface area (Å²) in [7, 11) is -2.37. The van der Waals surface area contributed by atoms with Gasteiger partial charge in [0.05, 0.1) is 12.0 Å². The summed E-state index contributed by atoms with van der Waals surface area (Å²) in [5.74, 6) is 0.0168. The number of nitrogens with zero attached hydrogens (tertiary/aromatic N) is 1. The summed E-state index contributed by atoms with van der Waals surface area (Å²) in [6.45, 7) is 6.17. The summed E-state index contributed by atoms with van der Waals surface area (Å²) in [6, 6.07) is 11.1. The molecule has 2 aromatic rings. The Hall–Kier alpha value is -2.91. The van der Waals surface area contributed by atoms with Crippen molar-refractivity contribution in [2.24, 2.45) is 5.92 Å². The Balaban J connectivity index is 1.73. The number of hydrogen-bond donors (Lipinski definition) is 2. The van der Waals surface area contributed by atoms with Crippen LogP contribution >= 0.6 is 0 Å². The number of nitrogens with one attached hydrogen (secondary N) is 2. The van der Waals surface area contributed by atoms with Gasteiger partial charge in [0, 0.05) is 25.2 Å². The van der Waals surface area contributed by atoms with Crippen LogP contribution in [0.2, 0.25) is 0 Å². The van der Waals surface area contributed by atoms with Crippen LogP contribution in [-0.4, -0.2) is 39.9 Å². The molecule has 178 valence electrons. The van der Waals surface area contributed by atoms with Gasteiger partial charge in [-0.1, -0.05) is 32.9 Å². The highest BCUT2D eigenvalue weighted by Gasteiger charge is 2.30. The van der Waals surface area contributed by atoms with Gasteiger partial charge < -0.3 is 15.0 Å². The number of carbonyl (C=O) groups is 2. The fraction of sp³-hybridized carbons (Fsp3) is 0.417. The molecule has 0 bridgehead atoms. The molecular weight excluding hydrogens is 442 g/mol. The van der Waals surface area contributed by atoms with Gasteiger partial charge in [0.15, 0.2) is 0 Å². The minimum absolute atomic E-state index is 0.00932. The lowest BCUT2D eigenvalue weighted by molar-refractivity contribution is -0.123. The van der Waals surface area contributed by atoms with E-state index >= 15 is 0 Å². The van der Waals surface area contributed by atoms with E-state index in [0.717, 1.165) is 16.8 Å². The molecule has 3 rings (SSSR count). The van der Waals surface area contributed by atoms with E-state index in [0.29, 0.717) is 25.1 Å². The molecule has 0 aromatic heterocycles. The molecule has 1 aliphatic rings. The average Bonchev–Trinajstić information content (AvgIpc) is 3.24. The molecule has 33 heavy (non-hydrogen) atoms. The molecule has 8 nitrogen and oxygen atoms in total. The second kappa shape index (κ2) is 10.4. The molecule has 0 radical (unpaired) electrons. The Morgan fingerprint density at radius 2 is 1.91 bits per heavy atom. The number of sulfonamides is 1. The molecule has 1 aliphatic heterocycles. The van der Waals surface area contributed by atoms with Gasteiger partial charge in [0.25, 0.3) is 0 Å². The number of rotatable bonds is 9. The second-order valence-corrected chi connectivity index (χ2v) is 10.1. The van der Waals surface area contributed by atoms with Crippen LogP contribution in [0.1, 0.15) is 38.3 Å². The number of methoxy groups -OCH3 is 1. The molecule has 0 spiro atoms. The van der Waals surface area contributed by atoms with Gasteiger partial charge >= 0.3 is 0 Å². The fourth-order valence-corrected chi connectivity index (χ4v) is 5.20. The SMILES string of the molecule is CCC(=O)N1CCc2cc(S(=O)(=O)N[C@@H](C(=O)NCc3cccc(OC)c3)C(C)C)ccc21. The molecule has 0 fully saturated rings. The predicted molar refractivity (Wildman–Crippen MR) is 127 cm³/mol. The molecule has 1 atom stereocenters. The molecule has 2 amide bonds. The zero-order valence-electron chi connectivity index (χ0n) is 19.4. The van der Waals surface area contributed by atoms with Crippen LogP contribution in [0, 0.1) is 5.92 Å². The average molecular weight is 474 g/mol. The third-order valence-corrected chi connectivity index (χ3v) is 7.13. The van der Waals surface area contributed by atoms with Crippen molar-refractivity contribution in [2.45, 2.75) is 51.1 Å². The van der Waals surface area contributed by atoms with Gasteiger partial charge in [-0.05, 0) is 53.8 Å². The number of carbonyl (C=O) groups excluding carboxylic acids is 2. The Bertz CT molecular complexity index is 1130. The molecule has 9 heteroatoms. The van der Waals surface area contributed by atoms with Crippen LogP contribution in [0.3, 0.4) is 0 Å². The molecule has 0 saturated heterocycles. The maximum absolute atomic E-state index is 13.1. The van der Waals surface area contributed by atoms with E-state index in [4.69, 9.17) is 4.74 Å². The predicted octanol–water partition coefficient (Wildman–Crippen LogP) is 2.61. The maximum atomic E-state index is 13.1. The second-order valence-electron chi connectivity index (χ2n) is 8.35. The zero-order valence-corrected chi connectivity index (χ0v) is 20.2. The van der Waals surface area contributed by atoms with E-state index in [1.807, 2.05) is 24.3 Å². The molecule has 2 N–H and O–H groups in total. The van der Waals surface area contributed by atoms with Crippen LogP contribution in [0.5, 0.6) is 5.75 Å².